The molecular formula is C19H18FN3O3. The minimum absolute atomic E-state index is 0.135. The van der Waals surface area contributed by atoms with Crippen LogP contribution in [0.2, 0.25) is 0 Å². The summed E-state index contributed by atoms with van der Waals surface area (Å²) >= 11 is 0. The van der Waals surface area contributed by atoms with Crippen LogP contribution in [0.4, 0.5) is 4.39 Å². The van der Waals surface area contributed by atoms with Crippen molar-refractivity contribution in [1.82, 2.24) is 14.3 Å². The Morgan fingerprint density at radius 1 is 1.15 bits per heavy atom. The van der Waals surface area contributed by atoms with Crippen molar-refractivity contribution in [2.45, 2.75) is 13.5 Å². The third-order valence-electron chi connectivity index (χ3n) is 3.76. The first-order valence-corrected chi connectivity index (χ1v) is 8.20. The molecule has 3 aromatic rings. The molecular weight excluding hydrogens is 337 g/mol. The molecule has 0 saturated heterocycles. The monoisotopic (exact) mass is 355 g/mol. The number of rotatable bonds is 6. The second kappa shape index (κ2) is 7.77. The first kappa shape index (κ1) is 17.6. The summed E-state index contributed by atoms with van der Waals surface area (Å²) in [5.74, 6) is -1.35. The molecule has 1 aromatic carbocycles. The van der Waals surface area contributed by atoms with Crippen molar-refractivity contribution in [3.8, 4) is 0 Å². The lowest BCUT2D eigenvalue weighted by Crippen LogP contribution is -2.36. The lowest BCUT2D eigenvalue weighted by atomic mass is 10.2. The fourth-order valence-electron chi connectivity index (χ4n) is 2.60. The van der Waals surface area contributed by atoms with Crippen molar-refractivity contribution in [2.75, 3.05) is 13.2 Å². The Kier molecular flexibility index (Phi) is 5.26. The van der Waals surface area contributed by atoms with Crippen molar-refractivity contribution in [3.05, 3.63) is 71.9 Å². The molecule has 0 radical (unpaired) electrons. The number of aromatic nitrogens is 2. The first-order valence-electron chi connectivity index (χ1n) is 8.20. The van der Waals surface area contributed by atoms with E-state index in [9.17, 15) is 14.0 Å². The molecule has 0 atom stereocenters. The van der Waals surface area contributed by atoms with E-state index in [2.05, 4.69) is 4.98 Å². The Morgan fingerprint density at radius 3 is 2.65 bits per heavy atom. The number of nitrogens with zero attached hydrogens (tertiary/aromatic N) is 3. The van der Waals surface area contributed by atoms with Crippen LogP contribution in [0.25, 0.3) is 5.65 Å². The number of amides is 1. The number of ether oxygens (including phenoxy) is 1. The molecule has 2 aromatic heterocycles. The Balaban J connectivity index is 1.87. The van der Waals surface area contributed by atoms with E-state index in [-0.39, 0.29) is 25.4 Å². The van der Waals surface area contributed by atoms with Gasteiger partial charge in [0.2, 0.25) is 0 Å². The summed E-state index contributed by atoms with van der Waals surface area (Å²) in [6.07, 6.45) is 2.69. The van der Waals surface area contributed by atoms with E-state index in [1.54, 1.807) is 6.92 Å². The molecule has 1 amide bonds. The van der Waals surface area contributed by atoms with Gasteiger partial charge < -0.3 is 14.0 Å². The number of carbonyl (C=O) groups excluding carboxylic acids is 2. The molecule has 0 spiro atoms. The van der Waals surface area contributed by atoms with Gasteiger partial charge in [0.1, 0.15) is 23.7 Å². The number of fused-ring (bicyclic) bond motifs is 1. The van der Waals surface area contributed by atoms with Gasteiger partial charge in [-0.1, -0.05) is 30.3 Å². The van der Waals surface area contributed by atoms with E-state index in [1.165, 1.54) is 33.8 Å². The van der Waals surface area contributed by atoms with Gasteiger partial charge in [0.05, 0.1) is 6.61 Å². The third kappa shape index (κ3) is 4.05. The highest BCUT2D eigenvalue weighted by atomic mass is 19.1. The largest absolute Gasteiger partial charge is 0.465 e. The topological polar surface area (TPSA) is 63.9 Å². The highest BCUT2D eigenvalue weighted by molar-refractivity contribution is 5.94. The molecule has 3 rings (SSSR count). The van der Waals surface area contributed by atoms with Gasteiger partial charge in [-0.25, -0.2) is 9.37 Å². The Labute approximate surface area is 149 Å². The summed E-state index contributed by atoms with van der Waals surface area (Å²) in [5.41, 5.74) is 1.46. The third-order valence-corrected chi connectivity index (χ3v) is 3.76. The number of halogens is 1. The zero-order chi connectivity index (χ0) is 18.5. The van der Waals surface area contributed by atoms with E-state index < -0.39 is 17.7 Å². The van der Waals surface area contributed by atoms with Gasteiger partial charge in [-0.2, -0.15) is 0 Å². The summed E-state index contributed by atoms with van der Waals surface area (Å²) in [5, 5.41) is 0. The highest BCUT2D eigenvalue weighted by Gasteiger charge is 2.22. The first-order chi connectivity index (χ1) is 12.6. The molecule has 26 heavy (non-hydrogen) atoms. The van der Waals surface area contributed by atoms with Crippen LogP contribution >= 0.6 is 0 Å². The van der Waals surface area contributed by atoms with Gasteiger partial charge in [-0.15, -0.1) is 0 Å². The molecule has 0 aliphatic rings. The van der Waals surface area contributed by atoms with Crippen LogP contribution in [0, 0.1) is 5.82 Å². The molecule has 134 valence electrons. The summed E-state index contributed by atoms with van der Waals surface area (Å²) in [7, 11) is 0. The summed E-state index contributed by atoms with van der Waals surface area (Å²) in [6, 6.07) is 12.1. The van der Waals surface area contributed by atoms with Crippen LogP contribution in [-0.4, -0.2) is 39.3 Å². The maximum Gasteiger partial charge on any atom is 0.325 e. The Bertz CT molecular complexity index is 924. The van der Waals surface area contributed by atoms with Crippen molar-refractivity contribution in [3.63, 3.8) is 0 Å². The van der Waals surface area contributed by atoms with Crippen molar-refractivity contribution in [1.29, 1.82) is 0 Å². The zero-order valence-electron chi connectivity index (χ0n) is 14.3. The molecule has 6 nitrogen and oxygen atoms in total. The number of pyridine rings is 1. The lowest BCUT2D eigenvalue weighted by Gasteiger charge is -2.20. The van der Waals surface area contributed by atoms with Crippen LogP contribution in [0.1, 0.15) is 23.0 Å². The van der Waals surface area contributed by atoms with E-state index >= 15 is 0 Å². The number of imidazole rings is 1. The van der Waals surface area contributed by atoms with Crippen molar-refractivity contribution < 1.29 is 18.7 Å². The van der Waals surface area contributed by atoms with Crippen LogP contribution in [0.5, 0.6) is 0 Å². The second-order valence-electron chi connectivity index (χ2n) is 5.69. The maximum absolute atomic E-state index is 13.3. The fraction of sp³-hybridized carbons (Fsp3) is 0.211. The number of esters is 1. The average molecular weight is 355 g/mol. The van der Waals surface area contributed by atoms with Gasteiger partial charge in [-0.05, 0) is 24.6 Å². The van der Waals surface area contributed by atoms with Gasteiger partial charge >= 0.3 is 5.97 Å². The van der Waals surface area contributed by atoms with Gasteiger partial charge in [0.15, 0.2) is 0 Å². The predicted molar refractivity (Wildman–Crippen MR) is 93.0 cm³/mol. The smallest absolute Gasteiger partial charge is 0.325 e. The van der Waals surface area contributed by atoms with E-state index in [1.807, 2.05) is 30.3 Å². The standard InChI is InChI=1S/C19H18FN3O3/c1-2-26-18(24)13-23(10-14-6-4-3-5-7-14)19(25)16-12-22-11-15(20)8-9-17(22)21-16/h3-9,11-12H,2,10,13H2,1H3. The molecule has 0 N–H and O–H groups in total. The molecule has 0 bridgehead atoms. The van der Waals surface area contributed by atoms with E-state index in [0.29, 0.717) is 5.65 Å². The van der Waals surface area contributed by atoms with Crippen molar-refractivity contribution in [2.24, 2.45) is 0 Å². The van der Waals surface area contributed by atoms with Gasteiger partial charge in [-0.3, -0.25) is 9.59 Å². The van der Waals surface area contributed by atoms with Crippen LogP contribution in [0.3, 0.4) is 0 Å². The Hall–Kier alpha value is -3.22. The van der Waals surface area contributed by atoms with Crippen LogP contribution < -0.4 is 0 Å². The van der Waals surface area contributed by atoms with Crippen molar-refractivity contribution >= 4 is 17.5 Å². The quantitative estimate of drug-likeness (QED) is 0.638. The van der Waals surface area contributed by atoms with Crippen LogP contribution in [-0.2, 0) is 16.1 Å². The van der Waals surface area contributed by atoms with Gasteiger partial charge in [0, 0.05) is 18.9 Å². The zero-order valence-corrected chi connectivity index (χ0v) is 14.3. The van der Waals surface area contributed by atoms with E-state index in [0.717, 1.165) is 5.56 Å². The number of benzene rings is 1. The molecule has 0 aliphatic carbocycles. The molecule has 2 heterocycles. The molecule has 7 heteroatoms. The average Bonchev–Trinajstić information content (AvgIpc) is 3.04. The highest BCUT2D eigenvalue weighted by Crippen LogP contribution is 2.12. The molecule has 0 unspecified atom stereocenters. The minimum Gasteiger partial charge on any atom is -0.465 e. The molecule has 0 fully saturated rings. The summed E-state index contributed by atoms with van der Waals surface area (Å²) < 4.78 is 19.7. The minimum atomic E-state index is -0.494. The number of carbonyl (C=O) groups is 2. The summed E-state index contributed by atoms with van der Waals surface area (Å²) in [6.45, 7) is 1.99. The Morgan fingerprint density at radius 2 is 1.92 bits per heavy atom. The number of hydrogen-bond donors (Lipinski definition) is 0. The SMILES string of the molecule is CCOC(=O)CN(Cc1ccccc1)C(=O)c1cn2cc(F)ccc2n1. The number of hydrogen-bond acceptors (Lipinski definition) is 4. The van der Waals surface area contributed by atoms with Crippen LogP contribution in [0.15, 0.2) is 54.9 Å². The maximum atomic E-state index is 13.3. The lowest BCUT2D eigenvalue weighted by molar-refractivity contribution is -0.143. The second-order valence-corrected chi connectivity index (χ2v) is 5.69. The molecule has 0 aliphatic heterocycles. The predicted octanol–water partition coefficient (Wildman–Crippen LogP) is 2.68. The van der Waals surface area contributed by atoms with E-state index in [4.69, 9.17) is 4.74 Å². The molecule has 0 saturated carbocycles. The van der Waals surface area contributed by atoms with Gasteiger partial charge in [0.25, 0.3) is 5.91 Å². The fourth-order valence-corrected chi connectivity index (χ4v) is 2.60. The normalized spacial score (nSPS) is 10.7. The summed E-state index contributed by atoms with van der Waals surface area (Å²) in [4.78, 5) is 30.4.